The maximum Gasteiger partial charge on any atom is 0.127 e. The lowest BCUT2D eigenvalue weighted by Gasteiger charge is -2.17. The summed E-state index contributed by atoms with van der Waals surface area (Å²) in [5.41, 5.74) is 2.12. The first-order valence-electron chi connectivity index (χ1n) is 4.46. The van der Waals surface area contributed by atoms with E-state index in [1.54, 1.807) is 0 Å². The predicted octanol–water partition coefficient (Wildman–Crippen LogP) is 2.01. The van der Waals surface area contributed by atoms with Gasteiger partial charge in [0.25, 0.3) is 0 Å². The molecule has 1 aromatic carbocycles. The lowest BCUT2D eigenvalue weighted by molar-refractivity contribution is 0.353. The summed E-state index contributed by atoms with van der Waals surface area (Å²) in [6, 6.07) is 7.94. The van der Waals surface area contributed by atoms with Crippen molar-refractivity contribution in [2.45, 2.75) is 0 Å². The Morgan fingerprint density at radius 3 is 3.00 bits per heavy atom. The zero-order valence-electron chi connectivity index (χ0n) is 7.91. The summed E-state index contributed by atoms with van der Waals surface area (Å²) in [5.74, 6) is 0.926. The number of likely N-dealkylation sites (N-methyl/N-ethyl adjacent to an activating group) is 1. The van der Waals surface area contributed by atoms with Gasteiger partial charge in [-0.05, 0) is 12.1 Å². The number of benzene rings is 1. The van der Waals surface area contributed by atoms with E-state index < -0.39 is 0 Å². The van der Waals surface area contributed by atoms with Crippen molar-refractivity contribution in [2.75, 3.05) is 13.7 Å². The van der Waals surface area contributed by atoms with Crippen LogP contribution in [0.2, 0.25) is 0 Å². The first kappa shape index (κ1) is 9.21. The second-order valence-electron chi connectivity index (χ2n) is 3.08. The van der Waals surface area contributed by atoms with Gasteiger partial charge in [0.1, 0.15) is 17.3 Å². The summed E-state index contributed by atoms with van der Waals surface area (Å²) in [5, 5.41) is 2.95. The number of hydrogen-bond donors (Lipinski definition) is 1. The maximum atomic E-state index is 5.56. The lowest BCUT2D eigenvalue weighted by Crippen LogP contribution is -2.23. The second kappa shape index (κ2) is 3.80. The van der Waals surface area contributed by atoms with Crippen molar-refractivity contribution in [3.63, 3.8) is 0 Å². The number of thiocarbonyl (C=S) groups is 1. The third-order valence-electron chi connectivity index (χ3n) is 2.15. The van der Waals surface area contributed by atoms with Crippen molar-refractivity contribution >= 4 is 23.3 Å². The fraction of sp³-hybridized carbons (Fsp3) is 0.182. The fourth-order valence-electron chi connectivity index (χ4n) is 1.41. The summed E-state index contributed by atoms with van der Waals surface area (Å²) in [6.07, 6.45) is 2.07. The fourth-order valence-corrected chi connectivity index (χ4v) is 1.53. The van der Waals surface area contributed by atoms with Gasteiger partial charge in [-0.15, -0.1) is 0 Å². The Balaban J connectivity index is 2.36. The van der Waals surface area contributed by atoms with Crippen LogP contribution >= 0.6 is 12.2 Å². The van der Waals surface area contributed by atoms with Crippen LogP contribution in [0, 0.1) is 0 Å². The number of rotatable bonds is 1. The summed E-state index contributed by atoms with van der Waals surface area (Å²) in [7, 11) is 1.82. The maximum absolute atomic E-state index is 5.56. The molecule has 1 N–H and O–H groups in total. The molecule has 72 valence electrons. The molecule has 0 saturated heterocycles. The molecule has 0 fully saturated rings. The lowest BCUT2D eigenvalue weighted by atomic mass is 10.1. The topological polar surface area (TPSA) is 21.3 Å². The molecular formula is C11H11NOS. The number of nitrogens with one attached hydrogen (secondary N) is 1. The van der Waals surface area contributed by atoms with Gasteiger partial charge < -0.3 is 10.1 Å². The third-order valence-corrected chi connectivity index (χ3v) is 2.62. The van der Waals surface area contributed by atoms with Crippen LogP contribution in [-0.4, -0.2) is 18.6 Å². The van der Waals surface area contributed by atoms with Crippen LogP contribution in [0.3, 0.4) is 0 Å². The first-order chi connectivity index (χ1) is 6.81. The van der Waals surface area contributed by atoms with E-state index in [1.807, 2.05) is 31.3 Å². The quantitative estimate of drug-likeness (QED) is 0.709. The molecule has 3 heteroatoms. The van der Waals surface area contributed by atoms with E-state index in [4.69, 9.17) is 17.0 Å². The van der Waals surface area contributed by atoms with E-state index in [2.05, 4.69) is 11.4 Å². The summed E-state index contributed by atoms with van der Waals surface area (Å²) in [6.45, 7) is 0.552. The molecule has 0 atom stereocenters. The van der Waals surface area contributed by atoms with E-state index in [-0.39, 0.29) is 0 Å². The van der Waals surface area contributed by atoms with E-state index in [0.29, 0.717) is 6.61 Å². The smallest absolute Gasteiger partial charge is 0.127 e. The summed E-state index contributed by atoms with van der Waals surface area (Å²) >= 11 is 5.14. The minimum absolute atomic E-state index is 0.552. The minimum atomic E-state index is 0.552. The SMILES string of the molecule is CNC(=S)C1=Cc2ccccc2OC1. The van der Waals surface area contributed by atoms with Gasteiger partial charge in [0.15, 0.2) is 0 Å². The Morgan fingerprint density at radius 1 is 1.43 bits per heavy atom. The molecule has 1 aliphatic heterocycles. The highest BCUT2D eigenvalue weighted by Crippen LogP contribution is 2.25. The molecule has 0 amide bonds. The highest BCUT2D eigenvalue weighted by atomic mass is 32.1. The van der Waals surface area contributed by atoms with Gasteiger partial charge in [0, 0.05) is 18.2 Å². The number of hydrogen-bond acceptors (Lipinski definition) is 2. The monoisotopic (exact) mass is 205 g/mol. The highest BCUT2D eigenvalue weighted by molar-refractivity contribution is 7.80. The number of fused-ring (bicyclic) bond motifs is 1. The zero-order valence-corrected chi connectivity index (χ0v) is 8.73. The molecule has 0 radical (unpaired) electrons. The van der Waals surface area contributed by atoms with Crippen LogP contribution in [0.25, 0.3) is 6.08 Å². The molecular weight excluding hydrogens is 194 g/mol. The predicted molar refractivity (Wildman–Crippen MR) is 61.6 cm³/mol. The Labute approximate surface area is 88.6 Å². The van der Waals surface area contributed by atoms with E-state index in [0.717, 1.165) is 21.9 Å². The van der Waals surface area contributed by atoms with Crippen molar-refractivity contribution in [1.29, 1.82) is 0 Å². The van der Waals surface area contributed by atoms with Gasteiger partial charge in [0.2, 0.25) is 0 Å². The average Bonchev–Trinajstić information content (AvgIpc) is 2.27. The standard InChI is InChI=1S/C11H11NOS/c1-12-11(14)9-6-8-4-2-3-5-10(8)13-7-9/h2-6H,7H2,1H3,(H,12,14). The van der Waals surface area contributed by atoms with E-state index in [9.17, 15) is 0 Å². The summed E-state index contributed by atoms with van der Waals surface area (Å²) < 4.78 is 5.56. The third kappa shape index (κ3) is 1.63. The molecule has 0 unspecified atom stereocenters. The average molecular weight is 205 g/mol. The van der Waals surface area contributed by atoms with Crippen LogP contribution in [0.15, 0.2) is 29.8 Å². The van der Waals surface area contributed by atoms with Gasteiger partial charge in [-0.1, -0.05) is 30.4 Å². The second-order valence-corrected chi connectivity index (χ2v) is 3.48. The Bertz CT molecular complexity index is 398. The normalized spacial score (nSPS) is 13.6. The van der Waals surface area contributed by atoms with Crippen LogP contribution in [0.4, 0.5) is 0 Å². The van der Waals surface area contributed by atoms with Crippen molar-refractivity contribution in [1.82, 2.24) is 5.32 Å². The molecule has 0 aromatic heterocycles. The first-order valence-corrected chi connectivity index (χ1v) is 4.86. The van der Waals surface area contributed by atoms with E-state index >= 15 is 0 Å². The molecule has 0 bridgehead atoms. The Hall–Kier alpha value is -1.35. The Morgan fingerprint density at radius 2 is 2.21 bits per heavy atom. The van der Waals surface area contributed by atoms with Gasteiger partial charge in [-0.3, -0.25) is 0 Å². The van der Waals surface area contributed by atoms with Crippen LogP contribution in [-0.2, 0) is 0 Å². The molecule has 14 heavy (non-hydrogen) atoms. The molecule has 2 nitrogen and oxygen atoms in total. The minimum Gasteiger partial charge on any atom is -0.488 e. The summed E-state index contributed by atoms with van der Waals surface area (Å²) in [4.78, 5) is 0.750. The van der Waals surface area contributed by atoms with Crippen LogP contribution in [0.1, 0.15) is 5.56 Å². The van der Waals surface area contributed by atoms with Crippen molar-refractivity contribution in [3.05, 3.63) is 35.4 Å². The molecule has 0 aliphatic carbocycles. The van der Waals surface area contributed by atoms with Crippen LogP contribution < -0.4 is 10.1 Å². The van der Waals surface area contributed by atoms with Gasteiger partial charge in [-0.25, -0.2) is 0 Å². The van der Waals surface area contributed by atoms with Gasteiger partial charge in [-0.2, -0.15) is 0 Å². The molecule has 0 saturated carbocycles. The molecule has 0 spiro atoms. The molecule has 1 aromatic rings. The van der Waals surface area contributed by atoms with Crippen molar-refractivity contribution in [3.8, 4) is 5.75 Å². The van der Waals surface area contributed by atoms with Crippen molar-refractivity contribution in [2.24, 2.45) is 0 Å². The van der Waals surface area contributed by atoms with Crippen molar-refractivity contribution < 1.29 is 4.74 Å². The number of ether oxygens (including phenoxy) is 1. The highest BCUT2D eigenvalue weighted by Gasteiger charge is 2.12. The Kier molecular flexibility index (Phi) is 2.50. The number of para-hydroxylation sites is 1. The zero-order chi connectivity index (χ0) is 9.97. The molecule has 1 aliphatic rings. The largest absolute Gasteiger partial charge is 0.488 e. The van der Waals surface area contributed by atoms with Gasteiger partial charge >= 0.3 is 0 Å². The van der Waals surface area contributed by atoms with Crippen LogP contribution in [0.5, 0.6) is 5.75 Å². The molecule has 1 heterocycles. The van der Waals surface area contributed by atoms with E-state index in [1.165, 1.54) is 0 Å². The molecule has 2 rings (SSSR count). The van der Waals surface area contributed by atoms with Gasteiger partial charge in [0.05, 0.1) is 0 Å².